The molecule has 0 aliphatic rings. The van der Waals surface area contributed by atoms with Gasteiger partial charge in [-0.2, -0.15) is 0 Å². The van der Waals surface area contributed by atoms with Gasteiger partial charge in [0.1, 0.15) is 0 Å². The van der Waals surface area contributed by atoms with E-state index in [0.717, 1.165) is 38.5 Å². The van der Waals surface area contributed by atoms with Crippen molar-refractivity contribution in [3.8, 4) is 0 Å². The predicted molar refractivity (Wildman–Crippen MR) is 190 cm³/mol. The van der Waals surface area contributed by atoms with Gasteiger partial charge in [0.25, 0.3) is 0 Å². The van der Waals surface area contributed by atoms with Gasteiger partial charge < -0.3 is 9.47 Å². The summed E-state index contributed by atoms with van der Waals surface area (Å²) in [5, 5.41) is 0. The molecule has 0 saturated carbocycles. The highest BCUT2D eigenvalue weighted by molar-refractivity contribution is 5.82. The first kappa shape index (κ1) is 42.9. The van der Waals surface area contributed by atoms with Crippen LogP contribution in [0.25, 0.3) is 0 Å². The van der Waals surface area contributed by atoms with Crippen molar-refractivity contribution < 1.29 is 19.1 Å². The number of rotatable bonds is 33. The van der Waals surface area contributed by atoms with Gasteiger partial charge in [-0.15, -0.1) is 0 Å². The molecule has 0 aromatic rings. The van der Waals surface area contributed by atoms with Crippen LogP contribution >= 0.6 is 0 Å². The molecule has 0 amide bonds. The molecule has 0 heterocycles. The van der Waals surface area contributed by atoms with Gasteiger partial charge in [-0.25, -0.2) is 0 Å². The Morgan fingerprint density at radius 1 is 0.364 bits per heavy atom. The lowest BCUT2D eigenvalue weighted by Crippen LogP contribution is -2.34. The zero-order chi connectivity index (χ0) is 32.7. The molecule has 0 radical (unpaired) electrons. The van der Waals surface area contributed by atoms with Crippen LogP contribution in [0.3, 0.4) is 0 Å². The molecule has 0 rings (SSSR count). The van der Waals surface area contributed by atoms with Crippen molar-refractivity contribution in [3.63, 3.8) is 0 Å². The van der Waals surface area contributed by atoms with Crippen LogP contribution in [-0.4, -0.2) is 24.1 Å². The van der Waals surface area contributed by atoms with E-state index < -0.39 is 11.8 Å². The largest absolute Gasteiger partial charge is 0.463 e. The molecule has 4 nitrogen and oxygen atoms in total. The fourth-order valence-electron chi connectivity index (χ4n) is 6.37. The Morgan fingerprint density at radius 2 is 0.568 bits per heavy atom. The lowest BCUT2D eigenvalue weighted by atomic mass is 9.83. The van der Waals surface area contributed by atoms with E-state index in [9.17, 15) is 9.59 Å². The van der Waals surface area contributed by atoms with Crippen LogP contribution in [-0.2, 0) is 19.1 Å². The first-order chi connectivity index (χ1) is 21.3. The molecule has 0 saturated heterocycles. The van der Waals surface area contributed by atoms with Gasteiger partial charge in [-0.3, -0.25) is 9.59 Å². The Morgan fingerprint density at radius 3 is 0.773 bits per heavy atom. The third-order valence-electron chi connectivity index (χ3n) is 9.03. The molecule has 0 bridgehead atoms. The minimum Gasteiger partial charge on any atom is -0.463 e. The Balaban J connectivity index is 4.53. The molecule has 0 aliphatic heterocycles. The van der Waals surface area contributed by atoms with Crippen molar-refractivity contribution in [1.29, 1.82) is 0 Å². The fourth-order valence-corrected chi connectivity index (χ4v) is 6.37. The minimum atomic E-state index is -0.395. The first-order valence-corrected chi connectivity index (χ1v) is 19.7. The van der Waals surface area contributed by atoms with Crippen LogP contribution in [0.2, 0.25) is 0 Å². The molecular weight excluding hydrogens is 544 g/mol. The number of ether oxygens (including phenoxy) is 2. The second kappa shape index (κ2) is 31.9. The van der Waals surface area contributed by atoms with Crippen LogP contribution < -0.4 is 0 Å². The van der Waals surface area contributed by atoms with Gasteiger partial charge >= 0.3 is 11.9 Å². The maximum absolute atomic E-state index is 13.2. The third kappa shape index (κ3) is 27.3. The summed E-state index contributed by atoms with van der Waals surface area (Å²) in [6, 6.07) is 0. The molecule has 0 N–H and O–H groups in total. The average Bonchev–Trinajstić information content (AvgIpc) is 2.97. The maximum Gasteiger partial charge on any atom is 0.310 e. The summed E-state index contributed by atoms with van der Waals surface area (Å²) in [4.78, 5) is 26.5. The summed E-state index contributed by atoms with van der Waals surface area (Å²) in [5.74, 6) is -1.21. The Bertz CT molecular complexity index is 629. The van der Waals surface area contributed by atoms with Gasteiger partial charge in [-0.05, 0) is 40.5 Å². The summed E-state index contributed by atoms with van der Waals surface area (Å²) in [5.41, 5.74) is 0. The zero-order valence-corrected chi connectivity index (χ0v) is 30.7. The number of carbonyl (C=O) groups is 2. The molecule has 44 heavy (non-hydrogen) atoms. The monoisotopic (exact) mass is 623 g/mol. The van der Waals surface area contributed by atoms with Gasteiger partial charge in [0.15, 0.2) is 0 Å². The van der Waals surface area contributed by atoms with Crippen molar-refractivity contribution in [2.24, 2.45) is 11.8 Å². The standard InChI is InChI=1S/C40H78O4/c1-7-9-11-13-15-17-19-21-22-24-26-28-30-32-34-38(40(42)44-36(5)6)37(39(41)43-35(3)4)33-31-29-27-25-23-20-18-16-14-12-10-8-2/h35-38H,7-34H2,1-6H3. The summed E-state index contributed by atoms with van der Waals surface area (Å²) >= 11 is 0. The number of hydrogen-bond acceptors (Lipinski definition) is 4. The molecule has 0 aliphatic carbocycles. The molecular formula is C40H78O4. The van der Waals surface area contributed by atoms with E-state index >= 15 is 0 Å². The molecule has 4 heteroatoms. The average molecular weight is 623 g/mol. The highest BCUT2D eigenvalue weighted by Gasteiger charge is 2.36. The fraction of sp³-hybridized carbons (Fsp3) is 0.950. The Labute approximate surface area is 276 Å². The highest BCUT2D eigenvalue weighted by atomic mass is 16.6. The van der Waals surface area contributed by atoms with Crippen molar-refractivity contribution in [2.45, 2.75) is 234 Å². The lowest BCUT2D eigenvalue weighted by Gasteiger charge is -2.26. The van der Waals surface area contributed by atoms with Crippen molar-refractivity contribution in [3.05, 3.63) is 0 Å². The second-order valence-electron chi connectivity index (χ2n) is 14.2. The second-order valence-corrected chi connectivity index (χ2v) is 14.2. The van der Waals surface area contributed by atoms with E-state index in [-0.39, 0.29) is 24.1 Å². The molecule has 0 spiro atoms. The maximum atomic E-state index is 13.2. The highest BCUT2D eigenvalue weighted by Crippen LogP contribution is 2.29. The Hall–Kier alpha value is -1.06. The SMILES string of the molecule is CCCCCCCCCCCCCCCCC(C(=O)OC(C)C)C(CCCCCCCCCCCCCC)C(=O)OC(C)C. The molecule has 2 unspecified atom stereocenters. The van der Waals surface area contributed by atoms with Gasteiger partial charge in [-0.1, -0.05) is 181 Å². The zero-order valence-electron chi connectivity index (χ0n) is 30.7. The topological polar surface area (TPSA) is 52.6 Å². The third-order valence-corrected chi connectivity index (χ3v) is 9.03. The number of esters is 2. The van der Waals surface area contributed by atoms with E-state index in [0.29, 0.717) is 0 Å². The number of carbonyl (C=O) groups excluding carboxylic acids is 2. The number of hydrogen-bond donors (Lipinski definition) is 0. The van der Waals surface area contributed by atoms with Crippen LogP contribution in [0.1, 0.15) is 221 Å². The van der Waals surface area contributed by atoms with Crippen LogP contribution in [0.15, 0.2) is 0 Å². The van der Waals surface area contributed by atoms with Crippen molar-refractivity contribution in [2.75, 3.05) is 0 Å². The summed E-state index contributed by atoms with van der Waals surface area (Å²) in [6.07, 6.45) is 34.9. The van der Waals surface area contributed by atoms with E-state index in [1.54, 1.807) is 0 Å². The molecule has 0 aromatic heterocycles. The quantitative estimate of drug-likeness (QED) is 0.0539. The van der Waals surface area contributed by atoms with E-state index in [2.05, 4.69) is 13.8 Å². The van der Waals surface area contributed by atoms with E-state index in [4.69, 9.17) is 9.47 Å². The smallest absolute Gasteiger partial charge is 0.310 e. The molecule has 0 aromatic carbocycles. The molecule has 2 atom stereocenters. The minimum absolute atomic E-state index is 0.171. The normalized spacial score (nSPS) is 13.0. The molecule has 262 valence electrons. The Kier molecular flexibility index (Phi) is 31.1. The van der Waals surface area contributed by atoms with Gasteiger partial charge in [0, 0.05) is 0 Å². The van der Waals surface area contributed by atoms with Gasteiger partial charge in [0.05, 0.1) is 24.0 Å². The first-order valence-electron chi connectivity index (χ1n) is 19.7. The van der Waals surface area contributed by atoms with E-state index in [1.165, 1.54) is 141 Å². The lowest BCUT2D eigenvalue weighted by molar-refractivity contribution is -0.166. The number of unbranched alkanes of at least 4 members (excludes halogenated alkanes) is 24. The summed E-state index contributed by atoms with van der Waals surface area (Å²) in [6.45, 7) is 12.1. The van der Waals surface area contributed by atoms with E-state index in [1.807, 2.05) is 27.7 Å². The van der Waals surface area contributed by atoms with Crippen LogP contribution in [0.5, 0.6) is 0 Å². The van der Waals surface area contributed by atoms with Gasteiger partial charge in [0.2, 0.25) is 0 Å². The van der Waals surface area contributed by atoms with Crippen molar-refractivity contribution in [1.82, 2.24) is 0 Å². The molecule has 0 fully saturated rings. The summed E-state index contributed by atoms with van der Waals surface area (Å²) < 4.78 is 11.4. The summed E-state index contributed by atoms with van der Waals surface area (Å²) in [7, 11) is 0. The van der Waals surface area contributed by atoms with Crippen molar-refractivity contribution >= 4 is 11.9 Å². The van der Waals surface area contributed by atoms with Crippen LogP contribution in [0.4, 0.5) is 0 Å². The van der Waals surface area contributed by atoms with Crippen LogP contribution in [0, 0.1) is 11.8 Å². The predicted octanol–water partition coefficient (Wildman–Crippen LogP) is 13.1.